The van der Waals surface area contributed by atoms with Gasteiger partial charge in [-0.25, -0.2) is 4.79 Å². The largest absolute Gasteiger partial charge is 0.490 e. The van der Waals surface area contributed by atoms with Crippen molar-refractivity contribution < 1.29 is 32.7 Å². The number of rotatable bonds is 5. The molecule has 11 heteroatoms. The highest BCUT2D eigenvalue weighted by molar-refractivity contribution is 5.83. The van der Waals surface area contributed by atoms with Crippen molar-refractivity contribution in [2.75, 3.05) is 27.2 Å². The van der Waals surface area contributed by atoms with Gasteiger partial charge in [0.2, 0.25) is 11.8 Å². The predicted octanol–water partition coefficient (Wildman–Crippen LogP) is 2.78. The third-order valence-electron chi connectivity index (χ3n) is 7.04. The summed E-state index contributed by atoms with van der Waals surface area (Å²) in [5, 5.41) is 7.12. The molecule has 2 aliphatic rings. The fraction of sp³-hybridized carbons (Fsp3) is 0.652. The Morgan fingerprint density at radius 3 is 2.15 bits per heavy atom. The maximum atomic E-state index is 12.7. The zero-order chi connectivity index (χ0) is 25.9. The van der Waals surface area contributed by atoms with E-state index in [4.69, 9.17) is 15.6 Å². The number of carboxylic acid groups (broad SMARTS) is 1. The van der Waals surface area contributed by atoms with Crippen molar-refractivity contribution in [3.8, 4) is 0 Å². The van der Waals surface area contributed by atoms with Gasteiger partial charge >= 0.3 is 12.1 Å². The Morgan fingerprint density at radius 2 is 1.74 bits per heavy atom. The molecule has 1 aromatic heterocycles. The van der Waals surface area contributed by atoms with Crippen molar-refractivity contribution in [1.29, 1.82) is 0 Å². The average Bonchev–Trinajstić information content (AvgIpc) is 3.03. The molecule has 2 heterocycles. The second kappa shape index (κ2) is 9.89. The number of halogens is 3. The molecule has 34 heavy (non-hydrogen) atoms. The highest BCUT2D eigenvalue weighted by Crippen LogP contribution is 2.52. The van der Waals surface area contributed by atoms with E-state index in [-0.39, 0.29) is 22.8 Å². The summed E-state index contributed by atoms with van der Waals surface area (Å²) in [7, 11) is 4.24. The SMILES string of the molecule is CN(C)[C@]1(c2ccccn2)CC[C@@]2(CC1)CC(=O)N(CC(C)(C)C(N)=O)C2.O=C(O)C(F)(F)F. The van der Waals surface area contributed by atoms with Gasteiger partial charge in [0.05, 0.1) is 16.6 Å². The molecule has 0 atom stereocenters. The molecule has 2 amide bonds. The third kappa shape index (κ3) is 6.05. The van der Waals surface area contributed by atoms with Crippen LogP contribution in [-0.4, -0.2) is 71.0 Å². The smallest absolute Gasteiger partial charge is 0.475 e. The second-order valence-electron chi connectivity index (χ2n) is 10.1. The van der Waals surface area contributed by atoms with E-state index in [2.05, 4.69) is 30.0 Å². The molecule has 1 saturated carbocycles. The summed E-state index contributed by atoms with van der Waals surface area (Å²) < 4.78 is 31.7. The van der Waals surface area contributed by atoms with E-state index in [1.807, 2.05) is 37.1 Å². The summed E-state index contributed by atoms with van der Waals surface area (Å²) in [6.45, 7) is 4.76. The van der Waals surface area contributed by atoms with Crippen LogP contribution in [0.25, 0.3) is 0 Å². The molecule has 1 aliphatic heterocycles. The van der Waals surface area contributed by atoms with E-state index in [9.17, 15) is 22.8 Å². The fourth-order valence-corrected chi connectivity index (χ4v) is 4.78. The summed E-state index contributed by atoms with van der Waals surface area (Å²) in [6, 6.07) is 6.11. The molecule has 2 fully saturated rings. The molecular weight excluding hydrogens is 453 g/mol. The van der Waals surface area contributed by atoms with E-state index >= 15 is 0 Å². The van der Waals surface area contributed by atoms with Crippen molar-refractivity contribution in [2.45, 2.75) is 57.7 Å². The Balaban J connectivity index is 0.000000509. The Bertz CT molecular complexity index is 895. The Morgan fingerprint density at radius 1 is 1.18 bits per heavy atom. The molecule has 0 unspecified atom stereocenters. The predicted molar refractivity (Wildman–Crippen MR) is 118 cm³/mol. The van der Waals surface area contributed by atoms with Crippen LogP contribution in [0.4, 0.5) is 13.2 Å². The van der Waals surface area contributed by atoms with E-state index in [1.165, 1.54) is 0 Å². The number of aromatic nitrogens is 1. The van der Waals surface area contributed by atoms with E-state index in [1.54, 1.807) is 0 Å². The number of carboxylic acids is 1. The number of hydrogen-bond acceptors (Lipinski definition) is 5. The van der Waals surface area contributed by atoms with Crippen LogP contribution >= 0.6 is 0 Å². The zero-order valence-electron chi connectivity index (χ0n) is 20.0. The summed E-state index contributed by atoms with van der Waals surface area (Å²) >= 11 is 0. The van der Waals surface area contributed by atoms with E-state index in [0.717, 1.165) is 37.9 Å². The molecule has 3 rings (SSSR count). The van der Waals surface area contributed by atoms with E-state index in [0.29, 0.717) is 13.0 Å². The molecule has 1 aliphatic carbocycles. The Kier molecular flexibility index (Phi) is 8.02. The number of nitrogens with zero attached hydrogens (tertiary/aromatic N) is 3. The number of carbonyl (C=O) groups excluding carboxylic acids is 2. The third-order valence-corrected chi connectivity index (χ3v) is 7.04. The number of pyridine rings is 1. The van der Waals surface area contributed by atoms with Gasteiger partial charge in [-0.15, -0.1) is 0 Å². The molecule has 190 valence electrons. The number of carbonyl (C=O) groups is 3. The number of likely N-dealkylation sites (tertiary alicyclic amines) is 1. The van der Waals surface area contributed by atoms with Crippen molar-refractivity contribution in [2.24, 2.45) is 16.6 Å². The van der Waals surface area contributed by atoms with Gasteiger partial charge in [-0.2, -0.15) is 13.2 Å². The van der Waals surface area contributed by atoms with E-state index < -0.39 is 17.6 Å². The fourth-order valence-electron chi connectivity index (χ4n) is 4.78. The minimum absolute atomic E-state index is 0.0130. The Hall–Kier alpha value is -2.69. The van der Waals surface area contributed by atoms with Gasteiger partial charge in [0, 0.05) is 25.7 Å². The first-order chi connectivity index (χ1) is 15.5. The lowest BCUT2D eigenvalue weighted by Gasteiger charge is -2.48. The van der Waals surface area contributed by atoms with Crippen LogP contribution in [0.3, 0.4) is 0 Å². The molecule has 0 radical (unpaired) electrons. The lowest BCUT2D eigenvalue weighted by Crippen LogP contribution is -2.48. The lowest BCUT2D eigenvalue weighted by molar-refractivity contribution is -0.192. The molecule has 1 spiro atoms. The van der Waals surface area contributed by atoms with Gasteiger partial charge in [-0.05, 0) is 71.2 Å². The first kappa shape index (κ1) is 27.6. The van der Waals surface area contributed by atoms with Crippen molar-refractivity contribution >= 4 is 17.8 Å². The van der Waals surface area contributed by atoms with Crippen LogP contribution in [0.15, 0.2) is 24.4 Å². The normalized spacial score (nSPS) is 25.3. The molecule has 8 nitrogen and oxygen atoms in total. The molecule has 1 saturated heterocycles. The van der Waals surface area contributed by atoms with Gasteiger partial charge < -0.3 is 15.7 Å². The van der Waals surface area contributed by atoms with Gasteiger partial charge in [-0.1, -0.05) is 6.07 Å². The number of hydrogen-bond donors (Lipinski definition) is 2. The number of amides is 2. The standard InChI is InChI=1S/C21H32N4O2.C2HF3O2/c1-19(2,18(22)27)14-25-15-20(13-17(25)26)8-10-21(11-9-20,24(3)4)16-7-5-6-12-23-16;3-2(4,5)1(6)7/h5-7,12H,8-11,13-15H2,1-4H3,(H2,22,27);(H,6,7)/t20-,21-;. The maximum absolute atomic E-state index is 12.7. The molecule has 3 N–H and O–H groups in total. The lowest BCUT2D eigenvalue weighted by atomic mass is 9.65. The zero-order valence-corrected chi connectivity index (χ0v) is 20.0. The second-order valence-corrected chi connectivity index (χ2v) is 10.1. The maximum Gasteiger partial charge on any atom is 0.490 e. The van der Waals surface area contributed by atoms with Crippen LogP contribution in [0.1, 0.15) is 51.6 Å². The average molecular weight is 487 g/mol. The minimum Gasteiger partial charge on any atom is -0.475 e. The van der Waals surface area contributed by atoms with Crippen LogP contribution < -0.4 is 5.73 Å². The van der Waals surface area contributed by atoms with Gasteiger partial charge in [-0.3, -0.25) is 19.5 Å². The van der Waals surface area contributed by atoms with Crippen molar-refractivity contribution in [1.82, 2.24) is 14.8 Å². The van der Waals surface area contributed by atoms with Gasteiger partial charge in [0.25, 0.3) is 0 Å². The van der Waals surface area contributed by atoms with Gasteiger partial charge in [0.1, 0.15) is 0 Å². The van der Waals surface area contributed by atoms with Crippen LogP contribution in [0, 0.1) is 10.8 Å². The quantitative estimate of drug-likeness (QED) is 0.661. The first-order valence-corrected chi connectivity index (χ1v) is 11.0. The van der Waals surface area contributed by atoms with Crippen molar-refractivity contribution in [3.05, 3.63) is 30.1 Å². The molecule has 0 bridgehead atoms. The van der Waals surface area contributed by atoms with Crippen LogP contribution in [0.5, 0.6) is 0 Å². The number of alkyl halides is 3. The van der Waals surface area contributed by atoms with Crippen molar-refractivity contribution in [3.63, 3.8) is 0 Å². The summed E-state index contributed by atoms with van der Waals surface area (Å²) in [5.41, 5.74) is 5.86. The molecule has 1 aromatic rings. The van der Waals surface area contributed by atoms with Crippen LogP contribution in [-0.2, 0) is 19.9 Å². The summed E-state index contributed by atoms with van der Waals surface area (Å²) in [5.74, 6) is -2.96. The summed E-state index contributed by atoms with van der Waals surface area (Å²) in [6.07, 6.45) is 1.29. The number of aliphatic carboxylic acids is 1. The Labute approximate surface area is 197 Å². The van der Waals surface area contributed by atoms with Crippen LogP contribution in [0.2, 0.25) is 0 Å². The number of nitrogens with two attached hydrogens (primary N) is 1. The monoisotopic (exact) mass is 486 g/mol. The highest BCUT2D eigenvalue weighted by atomic mass is 19.4. The highest BCUT2D eigenvalue weighted by Gasteiger charge is 2.51. The van der Waals surface area contributed by atoms with Gasteiger partial charge in [0.15, 0.2) is 0 Å². The minimum atomic E-state index is -5.08. The summed E-state index contributed by atoms with van der Waals surface area (Å²) in [4.78, 5) is 42.0. The topological polar surface area (TPSA) is 117 Å². The first-order valence-electron chi connectivity index (χ1n) is 11.0. The number of primary amides is 1. The molecular formula is C23H33F3N4O4. The molecule has 0 aromatic carbocycles.